The van der Waals surface area contributed by atoms with E-state index < -0.39 is 0 Å². The molecule has 0 saturated carbocycles. The van der Waals surface area contributed by atoms with Crippen molar-refractivity contribution in [2.45, 2.75) is 0 Å². The molecule has 0 spiro atoms. The molecule has 10 aromatic carbocycles. The molecular formula is C57H35N3S. The normalized spacial score (nSPS) is 13.0. The van der Waals surface area contributed by atoms with E-state index in [-0.39, 0.29) is 47.6 Å². The van der Waals surface area contributed by atoms with Crippen LogP contribution in [0.2, 0.25) is 0 Å². The summed E-state index contributed by atoms with van der Waals surface area (Å²) in [5.41, 5.74) is 6.61. The molecule has 2 heterocycles. The summed E-state index contributed by atoms with van der Waals surface area (Å²) in [5, 5.41) is 7.10. The van der Waals surface area contributed by atoms with Crippen molar-refractivity contribution in [2.24, 2.45) is 0 Å². The van der Waals surface area contributed by atoms with Gasteiger partial charge in [0.15, 0.2) is 17.5 Å². The molecule has 0 bridgehead atoms. The summed E-state index contributed by atoms with van der Waals surface area (Å²) in [6.07, 6.45) is 0. The molecule has 0 radical (unpaired) electrons. The molecule has 0 aliphatic carbocycles. The van der Waals surface area contributed by atoms with E-state index in [4.69, 9.17) is 17.7 Å². The first kappa shape index (κ1) is 29.4. The molecule has 0 fully saturated rings. The first-order chi connectivity index (χ1) is 32.7. The third-order valence-electron chi connectivity index (χ3n) is 11.4. The lowest BCUT2D eigenvalue weighted by Crippen LogP contribution is -2.00. The molecule has 0 aliphatic heterocycles. The quantitative estimate of drug-likeness (QED) is 0.157. The lowest BCUT2D eigenvalue weighted by Gasteiger charge is -2.12. The second-order valence-electron chi connectivity index (χ2n) is 15.1. The summed E-state index contributed by atoms with van der Waals surface area (Å²) >= 11 is 1.13. The number of fused-ring (bicyclic) bond motifs is 9. The monoisotopic (exact) mass is 799 g/mol. The van der Waals surface area contributed by atoms with Crippen LogP contribution in [0.4, 0.5) is 0 Å². The van der Waals surface area contributed by atoms with E-state index in [0.717, 1.165) is 65.9 Å². The Kier molecular flexibility index (Phi) is 6.99. The Balaban J connectivity index is 1.08. The summed E-state index contributed by atoms with van der Waals surface area (Å²) in [5.74, 6) is 0.760. The maximum Gasteiger partial charge on any atom is 0.164 e. The van der Waals surface area contributed by atoms with Crippen molar-refractivity contribution < 1.29 is 8.22 Å². The Labute approximate surface area is 365 Å². The van der Waals surface area contributed by atoms with Gasteiger partial charge in [-0.05, 0) is 89.9 Å². The number of aromatic nitrogens is 3. The van der Waals surface area contributed by atoms with Crippen LogP contribution in [0.1, 0.15) is 8.22 Å². The summed E-state index contributed by atoms with van der Waals surface area (Å²) in [7, 11) is 0. The van der Waals surface area contributed by atoms with Crippen LogP contribution in [-0.4, -0.2) is 15.0 Å². The molecule has 4 heteroatoms. The van der Waals surface area contributed by atoms with Crippen molar-refractivity contribution in [1.29, 1.82) is 0 Å². The molecule has 284 valence electrons. The van der Waals surface area contributed by atoms with Crippen LogP contribution >= 0.6 is 11.3 Å². The summed E-state index contributed by atoms with van der Waals surface area (Å²) in [4.78, 5) is 14.9. The van der Waals surface area contributed by atoms with E-state index in [1.54, 1.807) is 0 Å². The minimum absolute atomic E-state index is 0.0587. The lowest BCUT2D eigenvalue weighted by atomic mass is 9.91. The third kappa shape index (κ3) is 6.16. The fraction of sp³-hybridized carbons (Fsp3) is 0. The Morgan fingerprint density at radius 1 is 0.328 bits per heavy atom. The van der Waals surface area contributed by atoms with E-state index in [1.165, 1.54) is 0 Å². The molecular weight excluding hydrogens is 759 g/mol. The zero-order valence-corrected chi connectivity index (χ0v) is 33.3. The molecule has 2 aromatic heterocycles. The van der Waals surface area contributed by atoms with Gasteiger partial charge >= 0.3 is 0 Å². The fourth-order valence-corrected chi connectivity index (χ4v) is 9.52. The first-order valence-corrected chi connectivity index (χ1v) is 20.9. The summed E-state index contributed by atoms with van der Waals surface area (Å²) in [6, 6.07) is 57.5. The maximum absolute atomic E-state index is 9.85. The highest BCUT2D eigenvalue weighted by Gasteiger charge is 2.17. The van der Waals surface area contributed by atoms with Crippen molar-refractivity contribution in [3.05, 3.63) is 212 Å². The second kappa shape index (κ2) is 14.5. The van der Waals surface area contributed by atoms with Gasteiger partial charge in [0.25, 0.3) is 0 Å². The second-order valence-corrected chi connectivity index (χ2v) is 16.1. The molecule has 0 unspecified atom stereocenters. The molecule has 0 saturated heterocycles. The highest BCUT2D eigenvalue weighted by atomic mass is 32.1. The van der Waals surface area contributed by atoms with E-state index in [2.05, 4.69) is 36.4 Å². The number of benzene rings is 10. The van der Waals surface area contributed by atoms with Gasteiger partial charge in [0.1, 0.15) is 0 Å². The van der Waals surface area contributed by atoms with Gasteiger partial charge < -0.3 is 0 Å². The van der Waals surface area contributed by atoms with Gasteiger partial charge in [0, 0.05) is 36.9 Å². The van der Waals surface area contributed by atoms with Gasteiger partial charge in [-0.2, -0.15) is 0 Å². The standard InChI is InChI=1S/C57H35N3S/c1-3-13-36(14-4-1)38-25-27-39(28-26-38)55-58-56(42-18-11-17-40(33-42)37-15-5-2-6-16-37)60-57(59-55)43-30-32-50-53(35-43)61-52-24-12-23-44(54(50)52)41-29-31-49-47-21-8-7-19-45(47)46-20-9-10-22-48(46)51(49)34-41/h1-35H/i12D,23D,24D,30D,32D,35D. The summed E-state index contributed by atoms with van der Waals surface area (Å²) < 4.78 is 57.5. The van der Waals surface area contributed by atoms with E-state index in [9.17, 15) is 5.48 Å². The SMILES string of the molecule is [2H]c1c([2H])c(-c2ccc3c4ccccc4c4ccccc4c3c2)c2c(sc3c([2H])c(-c4nc(-c5ccc(-c6ccccc6)cc5)nc(-c5cccc(-c6ccccc6)c5)n4)c([2H])c([2H])c32)c1[2H]. The predicted molar refractivity (Wildman–Crippen MR) is 258 cm³/mol. The van der Waals surface area contributed by atoms with Gasteiger partial charge in [-0.1, -0.05) is 188 Å². The maximum atomic E-state index is 9.85. The molecule has 0 N–H and O–H groups in total. The Morgan fingerprint density at radius 2 is 0.836 bits per heavy atom. The van der Waals surface area contributed by atoms with Crippen LogP contribution in [0, 0.1) is 0 Å². The number of hydrogen-bond acceptors (Lipinski definition) is 4. The predicted octanol–water partition coefficient (Wildman–Crippen LogP) is 15.7. The Morgan fingerprint density at radius 3 is 1.52 bits per heavy atom. The van der Waals surface area contributed by atoms with Crippen molar-refractivity contribution in [2.75, 3.05) is 0 Å². The van der Waals surface area contributed by atoms with Crippen molar-refractivity contribution in [1.82, 2.24) is 15.0 Å². The average Bonchev–Trinajstić information content (AvgIpc) is 3.79. The van der Waals surface area contributed by atoms with Crippen molar-refractivity contribution in [3.63, 3.8) is 0 Å². The molecule has 0 atom stereocenters. The number of hydrogen-bond donors (Lipinski definition) is 0. The minimum Gasteiger partial charge on any atom is -0.208 e. The largest absolute Gasteiger partial charge is 0.208 e. The minimum atomic E-state index is -0.257. The van der Waals surface area contributed by atoms with Gasteiger partial charge in [-0.25, -0.2) is 15.0 Å². The highest BCUT2D eigenvalue weighted by Crippen LogP contribution is 2.43. The van der Waals surface area contributed by atoms with E-state index >= 15 is 0 Å². The zero-order chi connectivity index (χ0) is 45.5. The van der Waals surface area contributed by atoms with Crippen LogP contribution in [0.15, 0.2) is 212 Å². The smallest absolute Gasteiger partial charge is 0.164 e. The van der Waals surface area contributed by atoms with Crippen LogP contribution in [0.25, 0.3) is 120 Å². The van der Waals surface area contributed by atoms with E-state index in [0.29, 0.717) is 54.1 Å². The average molecular weight is 800 g/mol. The number of rotatable bonds is 6. The van der Waals surface area contributed by atoms with Crippen molar-refractivity contribution in [3.8, 4) is 67.5 Å². The molecule has 0 amide bonds. The van der Waals surface area contributed by atoms with Crippen LogP contribution in [0.5, 0.6) is 0 Å². The molecule has 3 nitrogen and oxygen atoms in total. The lowest BCUT2D eigenvalue weighted by molar-refractivity contribution is 1.07. The fourth-order valence-electron chi connectivity index (χ4n) is 8.50. The first-order valence-electron chi connectivity index (χ1n) is 23.1. The zero-order valence-electron chi connectivity index (χ0n) is 38.5. The Hall–Kier alpha value is -7.79. The number of thiophene rings is 1. The summed E-state index contributed by atoms with van der Waals surface area (Å²) in [6.45, 7) is 0. The van der Waals surface area contributed by atoms with Crippen LogP contribution in [-0.2, 0) is 0 Å². The van der Waals surface area contributed by atoms with E-state index in [1.807, 2.05) is 140 Å². The highest BCUT2D eigenvalue weighted by molar-refractivity contribution is 7.26. The third-order valence-corrected chi connectivity index (χ3v) is 12.5. The van der Waals surface area contributed by atoms with Gasteiger partial charge in [-0.3, -0.25) is 0 Å². The van der Waals surface area contributed by atoms with Crippen LogP contribution < -0.4 is 0 Å². The Bertz CT molecular complexity index is 3950. The topological polar surface area (TPSA) is 38.7 Å². The van der Waals surface area contributed by atoms with Crippen LogP contribution in [0.3, 0.4) is 0 Å². The van der Waals surface area contributed by atoms with Gasteiger partial charge in [0.2, 0.25) is 0 Å². The molecule has 12 aromatic rings. The van der Waals surface area contributed by atoms with Gasteiger partial charge in [0.05, 0.1) is 8.22 Å². The molecule has 0 aliphatic rings. The van der Waals surface area contributed by atoms with Gasteiger partial charge in [-0.15, -0.1) is 11.3 Å². The number of nitrogens with zero attached hydrogens (tertiary/aromatic N) is 3. The molecule has 61 heavy (non-hydrogen) atoms. The van der Waals surface area contributed by atoms with Crippen molar-refractivity contribution >= 4 is 63.8 Å². The molecule has 12 rings (SSSR count).